The number of nitrogens with zero attached hydrogens (tertiary/aromatic N) is 3. The number of methoxy groups -OCH3 is 1. The van der Waals surface area contributed by atoms with Crippen LogP contribution in [0.15, 0.2) is 17.1 Å². The third-order valence-electron chi connectivity index (χ3n) is 6.61. The maximum absolute atomic E-state index is 15.3. The topological polar surface area (TPSA) is 75.0 Å². The highest BCUT2D eigenvalue weighted by Gasteiger charge is 2.34. The molecule has 1 saturated heterocycles. The molecule has 1 N–H and O–H groups in total. The van der Waals surface area contributed by atoms with Crippen LogP contribution in [0, 0.1) is 11.7 Å². The molecule has 162 valence electrons. The first kappa shape index (κ1) is 20.7. The number of pyridine rings is 1. The molecule has 2 fully saturated rings. The monoisotopic (exact) mass is 417 g/mol. The zero-order valence-corrected chi connectivity index (χ0v) is 17.8. The van der Waals surface area contributed by atoms with Crippen LogP contribution >= 0.6 is 0 Å². The van der Waals surface area contributed by atoms with E-state index in [0.717, 1.165) is 19.3 Å². The van der Waals surface area contributed by atoms with E-state index in [9.17, 15) is 14.7 Å². The van der Waals surface area contributed by atoms with Crippen LogP contribution in [0.25, 0.3) is 10.9 Å². The molecule has 0 bridgehead atoms. The molecule has 2 atom stereocenters. The van der Waals surface area contributed by atoms with Gasteiger partial charge in [-0.05, 0) is 52.3 Å². The summed E-state index contributed by atoms with van der Waals surface area (Å²) < 4.78 is 22.8. The zero-order valence-electron chi connectivity index (χ0n) is 17.8. The molecule has 2 heterocycles. The van der Waals surface area contributed by atoms with E-state index >= 15 is 4.39 Å². The van der Waals surface area contributed by atoms with Crippen molar-refractivity contribution in [2.24, 2.45) is 5.92 Å². The minimum atomic E-state index is -1.31. The van der Waals surface area contributed by atoms with Crippen molar-refractivity contribution in [3.05, 3.63) is 33.9 Å². The molecule has 0 radical (unpaired) electrons. The van der Waals surface area contributed by atoms with E-state index < -0.39 is 17.2 Å². The summed E-state index contributed by atoms with van der Waals surface area (Å²) in [5.41, 5.74) is -0.186. The number of rotatable bonds is 6. The Labute approximate surface area is 174 Å². The van der Waals surface area contributed by atoms with Crippen molar-refractivity contribution in [1.29, 1.82) is 0 Å². The van der Waals surface area contributed by atoms with Gasteiger partial charge >= 0.3 is 5.97 Å². The Morgan fingerprint density at radius 2 is 2.03 bits per heavy atom. The number of fused-ring (bicyclic) bond motifs is 1. The fraction of sp³-hybridized carbons (Fsp3) is 0.545. The van der Waals surface area contributed by atoms with Gasteiger partial charge in [-0.1, -0.05) is 0 Å². The lowest BCUT2D eigenvalue weighted by molar-refractivity contribution is 0.0695. The van der Waals surface area contributed by atoms with Crippen LogP contribution in [0.5, 0.6) is 5.75 Å². The number of anilines is 1. The molecule has 1 saturated carbocycles. The largest absolute Gasteiger partial charge is 0.492 e. The van der Waals surface area contributed by atoms with Crippen LogP contribution < -0.4 is 15.1 Å². The summed E-state index contributed by atoms with van der Waals surface area (Å²) >= 11 is 0. The first-order chi connectivity index (χ1) is 14.2. The normalized spacial score (nSPS) is 20.2. The average molecular weight is 417 g/mol. The van der Waals surface area contributed by atoms with Crippen LogP contribution in [0.1, 0.15) is 42.6 Å². The molecule has 1 aromatic heterocycles. The molecule has 4 rings (SSSR count). The van der Waals surface area contributed by atoms with Crippen LogP contribution in [0.3, 0.4) is 0 Å². The molecule has 0 unspecified atom stereocenters. The van der Waals surface area contributed by atoms with Gasteiger partial charge in [-0.2, -0.15) is 0 Å². The Balaban J connectivity index is 1.89. The highest BCUT2D eigenvalue weighted by molar-refractivity contribution is 5.97. The molecule has 0 amide bonds. The summed E-state index contributed by atoms with van der Waals surface area (Å²) in [5, 5.41) is 9.50. The number of carboxylic acid groups (broad SMARTS) is 1. The van der Waals surface area contributed by atoms with Gasteiger partial charge in [0.1, 0.15) is 11.3 Å². The Morgan fingerprint density at radius 1 is 1.33 bits per heavy atom. The number of carboxylic acids is 1. The SMILES string of the molecule is COc1c(N2CC[C@@H]([C@H](C)N(C)C)C2)c(F)cc2c(=O)c(C(=O)O)cn(C3CC3)c12. The van der Waals surface area contributed by atoms with Gasteiger partial charge in [-0.25, -0.2) is 9.18 Å². The molecule has 7 nitrogen and oxygen atoms in total. The lowest BCUT2D eigenvalue weighted by Gasteiger charge is -2.28. The van der Waals surface area contributed by atoms with Crippen molar-refractivity contribution in [2.45, 2.75) is 38.3 Å². The van der Waals surface area contributed by atoms with Crippen molar-refractivity contribution >= 4 is 22.6 Å². The van der Waals surface area contributed by atoms with Gasteiger partial charge < -0.3 is 24.2 Å². The molecule has 0 spiro atoms. The van der Waals surface area contributed by atoms with E-state index in [0.29, 0.717) is 42.0 Å². The van der Waals surface area contributed by atoms with Gasteiger partial charge in [-0.3, -0.25) is 4.79 Å². The van der Waals surface area contributed by atoms with Gasteiger partial charge in [0, 0.05) is 31.4 Å². The van der Waals surface area contributed by atoms with E-state index in [1.165, 1.54) is 19.4 Å². The summed E-state index contributed by atoms with van der Waals surface area (Å²) in [5.74, 6) is -1.16. The van der Waals surface area contributed by atoms with Gasteiger partial charge in [0.15, 0.2) is 11.6 Å². The van der Waals surface area contributed by atoms with E-state index in [2.05, 4.69) is 11.8 Å². The minimum Gasteiger partial charge on any atom is -0.492 e. The highest BCUT2D eigenvalue weighted by atomic mass is 19.1. The second kappa shape index (κ2) is 7.58. The standard InChI is InChI=1S/C22H28FN3O4/c1-12(24(2)3)13-7-8-25(10-13)19-17(23)9-15-18(21(19)30-4)26(14-5-6-14)11-16(20(15)27)22(28)29/h9,11-14H,5-8,10H2,1-4H3,(H,28,29)/t12-,13+/m0/s1. The number of halogens is 1. The second-order valence-corrected chi connectivity index (χ2v) is 8.65. The fourth-order valence-electron chi connectivity index (χ4n) is 4.53. The van der Waals surface area contributed by atoms with Crippen molar-refractivity contribution < 1.29 is 19.0 Å². The van der Waals surface area contributed by atoms with Gasteiger partial charge in [-0.15, -0.1) is 0 Å². The van der Waals surface area contributed by atoms with E-state index in [4.69, 9.17) is 4.74 Å². The molecule has 1 aliphatic heterocycles. The van der Waals surface area contributed by atoms with Crippen molar-refractivity contribution in [3.8, 4) is 5.75 Å². The molecule has 2 aliphatic rings. The number of carbonyl (C=O) groups is 1. The second-order valence-electron chi connectivity index (χ2n) is 8.65. The van der Waals surface area contributed by atoms with Crippen molar-refractivity contribution in [1.82, 2.24) is 9.47 Å². The van der Waals surface area contributed by atoms with Crippen LogP contribution in [-0.4, -0.2) is 60.9 Å². The number of benzene rings is 1. The maximum Gasteiger partial charge on any atom is 0.341 e. The lowest BCUT2D eigenvalue weighted by Crippen LogP contribution is -2.34. The summed E-state index contributed by atoms with van der Waals surface area (Å²) in [6.07, 6.45) is 4.10. The summed E-state index contributed by atoms with van der Waals surface area (Å²) in [6.45, 7) is 3.56. The molecule has 30 heavy (non-hydrogen) atoms. The number of aromatic nitrogens is 1. The number of hydrogen-bond acceptors (Lipinski definition) is 5. The lowest BCUT2D eigenvalue weighted by atomic mass is 10.00. The quantitative estimate of drug-likeness (QED) is 0.779. The molecular weight excluding hydrogens is 389 g/mol. The molecule has 2 aromatic rings. The predicted octanol–water partition coefficient (Wildman–Crippen LogP) is 2.96. The number of ether oxygens (including phenoxy) is 1. The van der Waals surface area contributed by atoms with Crippen LogP contribution in [-0.2, 0) is 0 Å². The third-order valence-corrected chi connectivity index (χ3v) is 6.61. The average Bonchev–Trinajstić information content (AvgIpc) is 3.43. The van der Waals surface area contributed by atoms with Crippen molar-refractivity contribution in [3.63, 3.8) is 0 Å². The van der Waals surface area contributed by atoms with Crippen LogP contribution in [0.2, 0.25) is 0 Å². The first-order valence-corrected chi connectivity index (χ1v) is 10.3. The molecule has 8 heteroatoms. The summed E-state index contributed by atoms with van der Waals surface area (Å²) in [6, 6.07) is 1.63. The summed E-state index contributed by atoms with van der Waals surface area (Å²) in [4.78, 5) is 28.5. The zero-order chi connectivity index (χ0) is 21.7. The van der Waals surface area contributed by atoms with E-state index in [1.54, 1.807) is 4.57 Å². The highest BCUT2D eigenvalue weighted by Crippen LogP contribution is 2.44. The van der Waals surface area contributed by atoms with E-state index in [1.807, 2.05) is 19.0 Å². The van der Waals surface area contributed by atoms with Gasteiger partial charge in [0.2, 0.25) is 5.43 Å². The fourth-order valence-corrected chi connectivity index (χ4v) is 4.53. The molecule has 1 aromatic carbocycles. The Hall–Kier alpha value is -2.61. The maximum atomic E-state index is 15.3. The minimum absolute atomic E-state index is 0.0531. The van der Waals surface area contributed by atoms with Crippen molar-refractivity contribution in [2.75, 3.05) is 39.2 Å². The van der Waals surface area contributed by atoms with Crippen LogP contribution in [0.4, 0.5) is 10.1 Å². The van der Waals surface area contributed by atoms with Gasteiger partial charge in [0.25, 0.3) is 0 Å². The van der Waals surface area contributed by atoms with Gasteiger partial charge in [0.05, 0.1) is 18.0 Å². The third kappa shape index (κ3) is 3.33. The molecular formula is C22H28FN3O4. The molecule has 1 aliphatic carbocycles. The smallest absolute Gasteiger partial charge is 0.341 e. The Kier molecular flexibility index (Phi) is 5.22. The summed E-state index contributed by atoms with van der Waals surface area (Å²) in [7, 11) is 5.55. The predicted molar refractivity (Wildman–Crippen MR) is 113 cm³/mol. The number of hydrogen-bond donors (Lipinski definition) is 1. The first-order valence-electron chi connectivity index (χ1n) is 10.3. The Bertz CT molecular complexity index is 1060. The number of aromatic carboxylic acids is 1. The van der Waals surface area contributed by atoms with E-state index in [-0.39, 0.29) is 17.0 Å². The Morgan fingerprint density at radius 3 is 2.60 bits per heavy atom.